The molecule has 7 nitrogen and oxygen atoms in total. The van der Waals surface area contributed by atoms with E-state index in [4.69, 9.17) is 13.9 Å². The predicted molar refractivity (Wildman–Crippen MR) is 118 cm³/mol. The summed E-state index contributed by atoms with van der Waals surface area (Å²) < 4.78 is 15.8. The fourth-order valence-corrected chi connectivity index (χ4v) is 2.75. The molecule has 0 saturated carbocycles. The summed E-state index contributed by atoms with van der Waals surface area (Å²) in [7, 11) is 0. The van der Waals surface area contributed by atoms with Crippen LogP contribution in [0, 0.1) is 11.3 Å². The highest BCUT2D eigenvalue weighted by Crippen LogP contribution is 2.16. The number of carbonyl (C=O) groups excluding carboxylic acids is 2. The van der Waals surface area contributed by atoms with Crippen LogP contribution in [0.1, 0.15) is 23.8 Å². The first-order valence-corrected chi connectivity index (χ1v) is 10.0. The maximum absolute atomic E-state index is 12.2. The van der Waals surface area contributed by atoms with E-state index in [0.29, 0.717) is 22.8 Å². The SMILES string of the molecule is CCc1ccc(OCC(=O)Oc2ccc(/C=C(\C#N)C(=O)NCc3ccco3)cc2)cc1. The molecule has 0 radical (unpaired) electrons. The standard InChI is InChI=1S/C25H22N2O5/c1-2-18-5-9-21(10-6-18)31-17-24(28)32-22-11-7-19(8-12-22)14-20(15-26)25(29)27-16-23-4-3-13-30-23/h3-14H,2,16-17H2,1H3,(H,27,29)/b20-14+. The number of nitrogens with one attached hydrogen (secondary N) is 1. The summed E-state index contributed by atoms with van der Waals surface area (Å²) >= 11 is 0. The van der Waals surface area contributed by atoms with E-state index < -0.39 is 11.9 Å². The zero-order valence-electron chi connectivity index (χ0n) is 17.5. The smallest absolute Gasteiger partial charge is 0.349 e. The monoisotopic (exact) mass is 430 g/mol. The van der Waals surface area contributed by atoms with Crippen LogP contribution in [0.5, 0.6) is 11.5 Å². The molecule has 3 aromatic rings. The second-order valence-electron chi connectivity index (χ2n) is 6.76. The van der Waals surface area contributed by atoms with E-state index in [-0.39, 0.29) is 18.7 Å². The largest absolute Gasteiger partial charge is 0.482 e. The molecule has 0 aliphatic rings. The number of carbonyl (C=O) groups is 2. The van der Waals surface area contributed by atoms with Crippen molar-refractivity contribution in [1.29, 1.82) is 5.26 Å². The van der Waals surface area contributed by atoms with Gasteiger partial charge in [0.1, 0.15) is 28.9 Å². The second-order valence-corrected chi connectivity index (χ2v) is 6.76. The van der Waals surface area contributed by atoms with Crippen LogP contribution in [0.2, 0.25) is 0 Å². The summed E-state index contributed by atoms with van der Waals surface area (Å²) in [6.45, 7) is 2.03. The maximum atomic E-state index is 12.2. The van der Waals surface area contributed by atoms with Crippen molar-refractivity contribution in [2.75, 3.05) is 6.61 Å². The van der Waals surface area contributed by atoms with Gasteiger partial charge in [0.2, 0.25) is 0 Å². The van der Waals surface area contributed by atoms with Crippen molar-refractivity contribution in [2.24, 2.45) is 0 Å². The van der Waals surface area contributed by atoms with Gasteiger partial charge in [-0.2, -0.15) is 5.26 Å². The lowest BCUT2D eigenvalue weighted by Gasteiger charge is -2.07. The Morgan fingerprint density at radius 1 is 1.06 bits per heavy atom. The number of esters is 1. The van der Waals surface area contributed by atoms with Crippen molar-refractivity contribution in [2.45, 2.75) is 19.9 Å². The van der Waals surface area contributed by atoms with Crippen molar-refractivity contribution < 1.29 is 23.5 Å². The lowest BCUT2D eigenvalue weighted by Crippen LogP contribution is -2.23. The minimum Gasteiger partial charge on any atom is -0.482 e. The van der Waals surface area contributed by atoms with Crippen LogP contribution in [0.3, 0.4) is 0 Å². The molecular weight excluding hydrogens is 408 g/mol. The average Bonchev–Trinajstić information content (AvgIpc) is 3.35. The Morgan fingerprint density at radius 2 is 1.78 bits per heavy atom. The molecule has 7 heteroatoms. The van der Waals surface area contributed by atoms with Gasteiger partial charge in [0.15, 0.2) is 6.61 Å². The van der Waals surface area contributed by atoms with E-state index in [1.165, 1.54) is 17.9 Å². The van der Waals surface area contributed by atoms with Crippen LogP contribution in [-0.4, -0.2) is 18.5 Å². The summed E-state index contributed by atoms with van der Waals surface area (Å²) in [5.74, 6) is 0.460. The highest BCUT2D eigenvalue weighted by Gasteiger charge is 2.10. The third kappa shape index (κ3) is 6.61. The first-order chi connectivity index (χ1) is 15.6. The second kappa shape index (κ2) is 11.2. The van der Waals surface area contributed by atoms with Crippen molar-refractivity contribution in [3.63, 3.8) is 0 Å². The molecule has 1 N–H and O–H groups in total. The molecule has 0 fully saturated rings. The molecule has 0 spiro atoms. The van der Waals surface area contributed by atoms with Crippen molar-refractivity contribution in [3.05, 3.63) is 89.4 Å². The number of furan rings is 1. The predicted octanol–water partition coefficient (Wildman–Crippen LogP) is 4.05. The van der Waals surface area contributed by atoms with E-state index in [9.17, 15) is 14.9 Å². The zero-order chi connectivity index (χ0) is 22.8. The van der Waals surface area contributed by atoms with Gasteiger partial charge in [-0.25, -0.2) is 4.79 Å². The van der Waals surface area contributed by atoms with Crippen LogP contribution >= 0.6 is 0 Å². The molecular formula is C25H22N2O5. The molecule has 1 heterocycles. The number of rotatable bonds is 9. The Hall–Kier alpha value is -4.31. The normalized spacial score (nSPS) is 10.8. The van der Waals surface area contributed by atoms with E-state index in [1.54, 1.807) is 36.4 Å². The van der Waals surface area contributed by atoms with E-state index in [0.717, 1.165) is 6.42 Å². The summed E-state index contributed by atoms with van der Waals surface area (Å²) in [4.78, 5) is 24.2. The Morgan fingerprint density at radius 3 is 2.41 bits per heavy atom. The topological polar surface area (TPSA) is 102 Å². The third-order valence-electron chi connectivity index (χ3n) is 4.48. The van der Waals surface area contributed by atoms with Crippen molar-refractivity contribution in [3.8, 4) is 17.6 Å². The van der Waals surface area contributed by atoms with Gasteiger partial charge in [0.25, 0.3) is 5.91 Å². The number of hydrogen-bond donors (Lipinski definition) is 1. The van der Waals surface area contributed by atoms with E-state index >= 15 is 0 Å². The molecule has 162 valence electrons. The molecule has 1 amide bonds. The van der Waals surface area contributed by atoms with Crippen LogP contribution in [-0.2, 0) is 22.6 Å². The number of nitriles is 1. The van der Waals surface area contributed by atoms with Gasteiger partial charge in [0, 0.05) is 0 Å². The third-order valence-corrected chi connectivity index (χ3v) is 4.48. The van der Waals surface area contributed by atoms with Gasteiger partial charge in [-0.1, -0.05) is 31.2 Å². The molecule has 0 atom stereocenters. The lowest BCUT2D eigenvalue weighted by atomic mass is 10.1. The van der Waals surface area contributed by atoms with Crippen molar-refractivity contribution in [1.82, 2.24) is 5.32 Å². The maximum Gasteiger partial charge on any atom is 0.349 e. The highest BCUT2D eigenvalue weighted by atomic mass is 16.6. The minimum atomic E-state index is -0.539. The number of amides is 1. The number of hydrogen-bond acceptors (Lipinski definition) is 6. The van der Waals surface area contributed by atoms with Crippen LogP contribution < -0.4 is 14.8 Å². The lowest BCUT2D eigenvalue weighted by molar-refractivity contribution is -0.136. The Bertz CT molecular complexity index is 1110. The molecule has 0 aliphatic carbocycles. The van der Waals surface area contributed by atoms with Gasteiger partial charge in [0.05, 0.1) is 12.8 Å². The van der Waals surface area contributed by atoms with Gasteiger partial charge < -0.3 is 19.2 Å². The van der Waals surface area contributed by atoms with Gasteiger partial charge in [-0.3, -0.25) is 4.79 Å². The molecule has 2 aromatic carbocycles. The summed E-state index contributed by atoms with van der Waals surface area (Å²) in [5, 5.41) is 11.9. The first kappa shape index (κ1) is 22.4. The molecule has 0 saturated heterocycles. The van der Waals surface area contributed by atoms with Gasteiger partial charge in [-0.05, 0) is 60.0 Å². The molecule has 0 unspecified atom stereocenters. The number of benzene rings is 2. The van der Waals surface area contributed by atoms with E-state index in [1.807, 2.05) is 30.3 Å². The molecule has 32 heavy (non-hydrogen) atoms. The zero-order valence-corrected chi connectivity index (χ0v) is 17.5. The van der Waals surface area contributed by atoms with Gasteiger partial charge in [-0.15, -0.1) is 0 Å². The average molecular weight is 430 g/mol. The Balaban J connectivity index is 1.51. The Labute approximate surface area is 185 Å². The number of ether oxygens (including phenoxy) is 2. The minimum absolute atomic E-state index is 0.0520. The first-order valence-electron chi connectivity index (χ1n) is 10.0. The quantitative estimate of drug-likeness (QED) is 0.238. The highest BCUT2D eigenvalue weighted by molar-refractivity contribution is 6.01. The molecule has 3 rings (SSSR count). The Kier molecular flexibility index (Phi) is 7.82. The van der Waals surface area contributed by atoms with Crippen molar-refractivity contribution >= 4 is 18.0 Å². The molecule has 1 aromatic heterocycles. The fraction of sp³-hybridized carbons (Fsp3) is 0.160. The summed E-state index contributed by atoms with van der Waals surface area (Å²) in [6, 6.07) is 19.3. The van der Waals surface area contributed by atoms with Crippen LogP contribution in [0.15, 0.2) is 76.9 Å². The van der Waals surface area contributed by atoms with Crippen LogP contribution in [0.4, 0.5) is 0 Å². The number of aryl methyl sites for hydroxylation is 1. The summed E-state index contributed by atoms with van der Waals surface area (Å²) in [5.41, 5.74) is 1.74. The molecule has 0 bridgehead atoms. The van der Waals surface area contributed by atoms with Crippen LogP contribution in [0.25, 0.3) is 6.08 Å². The van der Waals surface area contributed by atoms with Gasteiger partial charge >= 0.3 is 5.97 Å². The molecule has 0 aliphatic heterocycles. The number of nitrogens with zero attached hydrogens (tertiary/aromatic N) is 1. The summed E-state index contributed by atoms with van der Waals surface area (Å²) in [6.07, 6.45) is 3.89. The van der Waals surface area contributed by atoms with E-state index in [2.05, 4.69) is 12.2 Å². The fourth-order valence-electron chi connectivity index (χ4n) is 2.75.